The number of nitrogens with one attached hydrogen (secondary N) is 1. The van der Waals surface area contributed by atoms with Crippen LogP contribution in [0.5, 0.6) is 0 Å². The second kappa shape index (κ2) is 7.42. The molecular formula is C18H23N3O2S. The fraction of sp³-hybridized carbons (Fsp3) is 0.444. The number of carbonyl (C=O) groups excluding carboxylic acids is 1. The number of benzene rings is 1. The Hall–Kier alpha value is -1.76. The minimum Gasteiger partial charge on any atom is -0.392 e. The molecule has 1 atom stereocenters. The van der Waals surface area contributed by atoms with Crippen LogP contribution in [0.2, 0.25) is 0 Å². The molecule has 1 amide bonds. The first-order valence-corrected chi connectivity index (χ1v) is 9.08. The maximum atomic E-state index is 12.1. The van der Waals surface area contributed by atoms with Crippen molar-refractivity contribution in [2.24, 2.45) is 5.92 Å². The highest BCUT2D eigenvalue weighted by atomic mass is 32.1. The van der Waals surface area contributed by atoms with E-state index in [1.807, 2.05) is 48.5 Å². The number of amides is 1. The van der Waals surface area contributed by atoms with E-state index in [0.29, 0.717) is 17.6 Å². The lowest BCUT2D eigenvalue weighted by Gasteiger charge is -2.19. The molecular weight excluding hydrogens is 322 g/mol. The number of aliphatic hydroxyl groups is 1. The molecule has 1 heterocycles. The molecule has 2 aromatic rings. The topological polar surface area (TPSA) is 65.5 Å². The standard InChI is InChI=1S/C18H23N3O2S/c1-12-3-5-13(6-4-12)15-11-24-18(19-15)20-17(23)10-21(2)9-16(22)14-7-8-14/h3-6,11,14,16,22H,7-10H2,1-2H3,(H,19,20,23). The van der Waals surface area contributed by atoms with Gasteiger partial charge in [-0.2, -0.15) is 0 Å². The third-order valence-electron chi connectivity index (χ3n) is 4.18. The van der Waals surface area contributed by atoms with E-state index < -0.39 is 0 Å². The zero-order chi connectivity index (χ0) is 17.1. The van der Waals surface area contributed by atoms with Gasteiger partial charge in [-0.25, -0.2) is 4.98 Å². The van der Waals surface area contributed by atoms with Gasteiger partial charge in [-0.05, 0) is 32.7 Å². The van der Waals surface area contributed by atoms with Crippen LogP contribution in [0.25, 0.3) is 11.3 Å². The van der Waals surface area contributed by atoms with Gasteiger partial charge in [0.15, 0.2) is 5.13 Å². The Morgan fingerprint density at radius 1 is 1.42 bits per heavy atom. The molecule has 128 valence electrons. The summed E-state index contributed by atoms with van der Waals surface area (Å²) in [5.41, 5.74) is 3.12. The van der Waals surface area contributed by atoms with E-state index in [4.69, 9.17) is 0 Å². The molecule has 6 heteroatoms. The smallest absolute Gasteiger partial charge is 0.240 e. The number of rotatable bonds is 7. The molecule has 0 aliphatic heterocycles. The van der Waals surface area contributed by atoms with E-state index in [1.54, 1.807) is 0 Å². The molecule has 1 fully saturated rings. The van der Waals surface area contributed by atoms with Crippen LogP contribution in [0.3, 0.4) is 0 Å². The summed E-state index contributed by atoms with van der Waals surface area (Å²) in [5, 5.41) is 15.3. The molecule has 1 aliphatic carbocycles. The number of thiazole rings is 1. The summed E-state index contributed by atoms with van der Waals surface area (Å²) < 4.78 is 0. The number of hydrogen-bond acceptors (Lipinski definition) is 5. The van der Waals surface area contributed by atoms with Gasteiger partial charge < -0.3 is 10.4 Å². The Morgan fingerprint density at radius 2 is 2.12 bits per heavy atom. The lowest BCUT2D eigenvalue weighted by Crippen LogP contribution is -2.36. The van der Waals surface area contributed by atoms with Crippen LogP contribution >= 0.6 is 11.3 Å². The summed E-state index contributed by atoms with van der Waals surface area (Å²) in [4.78, 5) is 18.4. The van der Waals surface area contributed by atoms with Crippen LogP contribution in [0.15, 0.2) is 29.6 Å². The first-order chi connectivity index (χ1) is 11.5. The molecule has 0 radical (unpaired) electrons. The lowest BCUT2D eigenvalue weighted by atomic mass is 10.1. The second-order valence-electron chi connectivity index (χ2n) is 6.55. The Labute approximate surface area is 146 Å². The van der Waals surface area contributed by atoms with Crippen LogP contribution in [0.4, 0.5) is 5.13 Å². The van der Waals surface area contributed by atoms with Crippen molar-refractivity contribution in [3.05, 3.63) is 35.2 Å². The van der Waals surface area contributed by atoms with Crippen molar-refractivity contribution < 1.29 is 9.90 Å². The highest BCUT2D eigenvalue weighted by Crippen LogP contribution is 2.32. The summed E-state index contributed by atoms with van der Waals surface area (Å²) in [6.07, 6.45) is 1.88. The van der Waals surface area contributed by atoms with Gasteiger partial charge in [0, 0.05) is 17.5 Å². The maximum absolute atomic E-state index is 12.1. The van der Waals surface area contributed by atoms with Crippen molar-refractivity contribution in [2.75, 3.05) is 25.5 Å². The van der Waals surface area contributed by atoms with Crippen LogP contribution in [-0.2, 0) is 4.79 Å². The van der Waals surface area contributed by atoms with Gasteiger partial charge in [0.25, 0.3) is 0 Å². The van der Waals surface area contributed by atoms with E-state index in [0.717, 1.165) is 24.1 Å². The third kappa shape index (κ3) is 4.63. The molecule has 2 N–H and O–H groups in total. The van der Waals surface area contributed by atoms with Crippen LogP contribution in [-0.4, -0.2) is 47.1 Å². The summed E-state index contributed by atoms with van der Waals surface area (Å²) in [7, 11) is 1.85. The fourth-order valence-electron chi connectivity index (χ4n) is 2.61. The number of anilines is 1. The average Bonchev–Trinajstić information content (AvgIpc) is 3.28. The lowest BCUT2D eigenvalue weighted by molar-refractivity contribution is -0.117. The molecule has 1 unspecified atom stereocenters. The van der Waals surface area contributed by atoms with Gasteiger partial charge in [0.2, 0.25) is 5.91 Å². The van der Waals surface area contributed by atoms with Gasteiger partial charge in [-0.3, -0.25) is 9.69 Å². The number of aryl methyl sites for hydroxylation is 1. The predicted octanol–water partition coefficient (Wildman–Crippen LogP) is 2.76. The molecule has 24 heavy (non-hydrogen) atoms. The quantitative estimate of drug-likeness (QED) is 0.810. The largest absolute Gasteiger partial charge is 0.392 e. The second-order valence-corrected chi connectivity index (χ2v) is 7.41. The number of aliphatic hydroxyl groups excluding tert-OH is 1. The zero-order valence-corrected chi connectivity index (χ0v) is 14.8. The minimum atomic E-state index is -0.323. The first-order valence-electron chi connectivity index (χ1n) is 8.20. The van der Waals surface area contributed by atoms with Gasteiger partial charge >= 0.3 is 0 Å². The highest BCUT2D eigenvalue weighted by molar-refractivity contribution is 7.14. The summed E-state index contributed by atoms with van der Waals surface area (Å²) >= 11 is 1.42. The summed E-state index contributed by atoms with van der Waals surface area (Å²) in [6.45, 7) is 2.83. The molecule has 3 rings (SSSR count). The number of aromatic nitrogens is 1. The Bertz CT molecular complexity index is 695. The molecule has 1 aromatic carbocycles. The van der Waals surface area contributed by atoms with Crippen LogP contribution < -0.4 is 5.32 Å². The molecule has 1 aromatic heterocycles. The van der Waals surface area contributed by atoms with Crippen molar-refractivity contribution in [2.45, 2.75) is 25.9 Å². The molecule has 5 nitrogen and oxygen atoms in total. The number of nitrogens with zero attached hydrogens (tertiary/aromatic N) is 2. The predicted molar refractivity (Wildman–Crippen MR) is 97.1 cm³/mol. The van der Waals surface area contributed by atoms with Crippen molar-refractivity contribution in [3.63, 3.8) is 0 Å². The summed E-state index contributed by atoms with van der Waals surface area (Å²) in [6, 6.07) is 8.16. The van der Waals surface area contributed by atoms with E-state index in [-0.39, 0.29) is 18.6 Å². The molecule has 1 saturated carbocycles. The van der Waals surface area contributed by atoms with Crippen LogP contribution in [0, 0.1) is 12.8 Å². The Balaban J connectivity index is 1.52. The first kappa shape index (κ1) is 17.1. The van der Waals surface area contributed by atoms with Crippen molar-refractivity contribution in [3.8, 4) is 11.3 Å². The number of likely N-dealkylation sites (N-methyl/N-ethyl adjacent to an activating group) is 1. The SMILES string of the molecule is Cc1ccc(-c2csc(NC(=O)CN(C)CC(O)C3CC3)n2)cc1. The Kier molecular flexibility index (Phi) is 5.28. The van der Waals surface area contributed by atoms with E-state index >= 15 is 0 Å². The Morgan fingerprint density at radius 3 is 2.79 bits per heavy atom. The maximum Gasteiger partial charge on any atom is 0.240 e. The van der Waals surface area contributed by atoms with Crippen LogP contribution in [0.1, 0.15) is 18.4 Å². The van der Waals surface area contributed by atoms with E-state index in [1.165, 1.54) is 16.9 Å². The number of hydrogen-bond donors (Lipinski definition) is 2. The molecule has 0 bridgehead atoms. The molecule has 0 spiro atoms. The van der Waals surface area contributed by atoms with Gasteiger partial charge in [0.05, 0.1) is 18.3 Å². The normalized spacial score (nSPS) is 15.5. The van der Waals surface area contributed by atoms with E-state index in [2.05, 4.69) is 10.3 Å². The third-order valence-corrected chi connectivity index (χ3v) is 4.93. The van der Waals surface area contributed by atoms with Gasteiger partial charge in [-0.15, -0.1) is 11.3 Å². The summed E-state index contributed by atoms with van der Waals surface area (Å²) in [5.74, 6) is 0.317. The van der Waals surface area contributed by atoms with Crippen molar-refractivity contribution in [1.29, 1.82) is 0 Å². The molecule has 0 saturated heterocycles. The van der Waals surface area contributed by atoms with E-state index in [9.17, 15) is 9.90 Å². The monoisotopic (exact) mass is 345 g/mol. The fourth-order valence-corrected chi connectivity index (χ4v) is 3.34. The van der Waals surface area contributed by atoms with Gasteiger partial charge in [-0.1, -0.05) is 29.8 Å². The number of carbonyl (C=O) groups is 1. The van der Waals surface area contributed by atoms with Crippen molar-refractivity contribution in [1.82, 2.24) is 9.88 Å². The minimum absolute atomic E-state index is 0.106. The van der Waals surface area contributed by atoms with Crippen molar-refractivity contribution >= 4 is 22.4 Å². The molecule has 1 aliphatic rings. The average molecular weight is 345 g/mol. The zero-order valence-electron chi connectivity index (χ0n) is 14.0. The van der Waals surface area contributed by atoms with Gasteiger partial charge in [0.1, 0.15) is 0 Å². The highest BCUT2D eigenvalue weighted by Gasteiger charge is 2.30.